The zero-order valence-corrected chi connectivity index (χ0v) is 18.8. The highest BCUT2D eigenvalue weighted by molar-refractivity contribution is 5.96. The van der Waals surface area contributed by atoms with E-state index in [1.54, 1.807) is 54.6 Å². The summed E-state index contributed by atoms with van der Waals surface area (Å²) in [5, 5.41) is 24.9. The number of ether oxygens (including phenoxy) is 1. The molecule has 2 aromatic carbocycles. The Morgan fingerprint density at radius 2 is 1.92 bits per heavy atom. The maximum atomic E-state index is 13.4. The van der Waals surface area contributed by atoms with Gasteiger partial charge in [0.05, 0.1) is 19.0 Å². The number of nitriles is 1. The van der Waals surface area contributed by atoms with Crippen molar-refractivity contribution in [3.05, 3.63) is 84.6 Å². The number of oxazole rings is 1. The first-order valence-corrected chi connectivity index (χ1v) is 10.6. The number of anilines is 1. The van der Waals surface area contributed by atoms with Gasteiger partial charge < -0.3 is 14.5 Å². The molecule has 36 heavy (non-hydrogen) atoms. The predicted molar refractivity (Wildman–Crippen MR) is 127 cm³/mol. The van der Waals surface area contributed by atoms with Crippen LogP contribution in [-0.2, 0) is 4.79 Å². The molecule has 0 saturated carbocycles. The van der Waals surface area contributed by atoms with Crippen molar-refractivity contribution >= 4 is 28.5 Å². The second-order valence-electron chi connectivity index (χ2n) is 7.28. The molecule has 0 saturated heterocycles. The highest BCUT2D eigenvalue weighted by Gasteiger charge is 2.28. The van der Waals surface area contributed by atoms with E-state index in [1.165, 1.54) is 30.4 Å². The molecule has 1 N–H and O–H groups in total. The van der Waals surface area contributed by atoms with E-state index in [4.69, 9.17) is 9.15 Å². The first kappa shape index (κ1) is 22.4. The minimum absolute atomic E-state index is 0.0212. The SMILES string of the molecule is COc1ccccc1NC(=O)C(N=Nc1c(C#N)cnn1-c1ncccn1)c1nc2ccccc2o1. The molecule has 1 amide bonds. The van der Waals surface area contributed by atoms with Crippen molar-refractivity contribution in [1.29, 1.82) is 5.26 Å². The third kappa shape index (κ3) is 4.36. The highest BCUT2D eigenvalue weighted by atomic mass is 16.5. The van der Waals surface area contributed by atoms with E-state index in [2.05, 4.69) is 35.6 Å². The average molecular weight is 479 g/mol. The Hall–Kier alpha value is -5.44. The number of carbonyl (C=O) groups excluding carboxylic acids is 1. The van der Waals surface area contributed by atoms with Crippen LogP contribution in [0, 0.1) is 11.3 Å². The molecule has 5 aromatic rings. The van der Waals surface area contributed by atoms with Crippen LogP contribution in [0.25, 0.3) is 17.0 Å². The normalized spacial score (nSPS) is 11.9. The Morgan fingerprint density at radius 3 is 2.69 bits per heavy atom. The molecule has 3 heterocycles. The van der Waals surface area contributed by atoms with Crippen LogP contribution in [0.5, 0.6) is 5.75 Å². The van der Waals surface area contributed by atoms with Crippen molar-refractivity contribution in [2.45, 2.75) is 6.04 Å². The number of hydrogen-bond acceptors (Lipinski definition) is 10. The van der Waals surface area contributed by atoms with Crippen molar-refractivity contribution in [1.82, 2.24) is 24.7 Å². The standard InChI is InChI=1S/C24H17N9O3/c1-35-18-9-4-2-7-16(18)29-22(34)20(23-30-17-8-3-5-10-19(17)36-23)31-32-21-15(13-25)14-28-33(21)24-26-11-6-12-27-24/h2-12,14,20H,1H3,(H,29,34). The minimum atomic E-state index is -1.30. The second kappa shape index (κ2) is 9.82. The summed E-state index contributed by atoms with van der Waals surface area (Å²) in [6, 6.07) is 16.4. The lowest BCUT2D eigenvalue weighted by Gasteiger charge is -2.12. The van der Waals surface area contributed by atoms with Gasteiger partial charge in [0.1, 0.15) is 22.9 Å². The predicted octanol–water partition coefficient (Wildman–Crippen LogP) is 4.15. The van der Waals surface area contributed by atoms with Gasteiger partial charge >= 0.3 is 0 Å². The molecule has 0 aliphatic carbocycles. The average Bonchev–Trinajstić information content (AvgIpc) is 3.53. The van der Waals surface area contributed by atoms with Gasteiger partial charge in [-0.2, -0.15) is 20.2 Å². The fourth-order valence-electron chi connectivity index (χ4n) is 3.35. The number of methoxy groups -OCH3 is 1. The van der Waals surface area contributed by atoms with E-state index in [9.17, 15) is 10.1 Å². The van der Waals surface area contributed by atoms with Crippen LogP contribution in [-0.4, -0.2) is 37.7 Å². The third-order valence-electron chi connectivity index (χ3n) is 5.03. The summed E-state index contributed by atoms with van der Waals surface area (Å²) in [6.45, 7) is 0. The summed E-state index contributed by atoms with van der Waals surface area (Å²) < 4.78 is 12.4. The Kier molecular flexibility index (Phi) is 6.10. The molecule has 12 nitrogen and oxygen atoms in total. The topological polar surface area (TPSA) is 156 Å². The van der Waals surface area contributed by atoms with E-state index >= 15 is 0 Å². The molecule has 0 fully saturated rings. The fraction of sp³-hybridized carbons (Fsp3) is 0.0833. The number of aromatic nitrogens is 5. The largest absolute Gasteiger partial charge is 0.495 e. The van der Waals surface area contributed by atoms with Gasteiger partial charge in [-0.25, -0.2) is 15.0 Å². The molecule has 1 unspecified atom stereocenters. The molecule has 176 valence electrons. The number of fused-ring (bicyclic) bond motifs is 1. The molecule has 0 spiro atoms. The summed E-state index contributed by atoms with van der Waals surface area (Å²) in [5.41, 5.74) is 1.59. The van der Waals surface area contributed by atoms with E-state index < -0.39 is 11.9 Å². The van der Waals surface area contributed by atoms with E-state index in [0.717, 1.165) is 0 Å². The molecular formula is C24H17N9O3. The number of carbonyl (C=O) groups is 1. The van der Waals surface area contributed by atoms with E-state index in [-0.39, 0.29) is 23.2 Å². The first-order chi connectivity index (χ1) is 17.7. The van der Waals surface area contributed by atoms with Gasteiger partial charge in [-0.3, -0.25) is 4.79 Å². The molecule has 1 atom stereocenters. The molecule has 12 heteroatoms. The monoisotopic (exact) mass is 479 g/mol. The number of azo groups is 1. The van der Waals surface area contributed by atoms with Gasteiger partial charge in [-0.1, -0.05) is 24.3 Å². The second-order valence-corrected chi connectivity index (χ2v) is 7.28. The number of amides is 1. The van der Waals surface area contributed by atoms with Gasteiger partial charge in [-0.15, -0.1) is 5.11 Å². The van der Waals surface area contributed by atoms with Crippen LogP contribution < -0.4 is 10.1 Å². The van der Waals surface area contributed by atoms with Crippen LogP contribution in [0.15, 0.2) is 87.8 Å². The first-order valence-electron chi connectivity index (χ1n) is 10.6. The lowest BCUT2D eigenvalue weighted by Crippen LogP contribution is -2.20. The zero-order valence-electron chi connectivity index (χ0n) is 18.8. The van der Waals surface area contributed by atoms with Crippen molar-refractivity contribution in [3.63, 3.8) is 0 Å². The van der Waals surface area contributed by atoms with Crippen LogP contribution in [0.1, 0.15) is 17.5 Å². The number of benzene rings is 2. The Labute approximate surface area is 203 Å². The summed E-state index contributed by atoms with van der Waals surface area (Å²) in [4.78, 5) is 26.1. The van der Waals surface area contributed by atoms with Crippen molar-refractivity contribution in [3.8, 4) is 17.8 Å². The lowest BCUT2D eigenvalue weighted by molar-refractivity contribution is -0.118. The molecule has 0 aliphatic rings. The van der Waals surface area contributed by atoms with Gasteiger partial charge in [-0.05, 0) is 30.3 Å². The molecule has 0 radical (unpaired) electrons. The Bertz CT molecular complexity index is 1570. The molecular weight excluding hydrogens is 462 g/mol. The maximum absolute atomic E-state index is 13.4. The number of nitrogens with zero attached hydrogens (tertiary/aromatic N) is 8. The number of rotatable bonds is 7. The van der Waals surface area contributed by atoms with E-state index in [1.807, 2.05) is 6.07 Å². The molecule has 5 rings (SSSR count). The summed E-state index contributed by atoms with van der Waals surface area (Å²) in [7, 11) is 1.50. The van der Waals surface area contributed by atoms with Crippen molar-refractivity contribution in [2.75, 3.05) is 12.4 Å². The van der Waals surface area contributed by atoms with Crippen molar-refractivity contribution < 1.29 is 13.9 Å². The van der Waals surface area contributed by atoms with Crippen LogP contribution in [0.3, 0.4) is 0 Å². The highest BCUT2D eigenvalue weighted by Crippen LogP contribution is 2.30. The molecule has 3 aromatic heterocycles. The third-order valence-corrected chi connectivity index (χ3v) is 5.03. The Balaban J connectivity index is 1.56. The maximum Gasteiger partial charge on any atom is 0.260 e. The summed E-state index contributed by atoms with van der Waals surface area (Å²) in [5.74, 6) is 0.146. The van der Waals surface area contributed by atoms with Gasteiger partial charge in [0.25, 0.3) is 11.9 Å². The van der Waals surface area contributed by atoms with Crippen LogP contribution >= 0.6 is 0 Å². The number of hydrogen-bond donors (Lipinski definition) is 1. The fourth-order valence-corrected chi connectivity index (χ4v) is 3.35. The molecule has 0 bridgehead atoms. The smallest absolute Gasteiger partial charge is 0.260 e. The summed E-state index contributed by atoms with van der Waals surface area (Å²) >= 11 is 0. The zero-order chi connectivity index (χ0) is 24.9. The number of nitrogens with one attached hydrogen (secondary N) is 1. The molecule has 0 aliphatic heterocycles. The van der Waals surface area contributed by atoms with Gasteiger partial charge in [0, 0.05) is 12.4 Å². The van der Waals surface area contributed by atoms with Crippen LogP contribution in [0.4, 0.5) is 11.5 Å². The van der Waals surface area contributed by atoms with Gasteiger partial charge in [0.2, 0.25) is 11.9 Å². The number of para-hydroxylation sites is 4. The summed E-state index contributed by atoms with van der Waals surface area (Å²) in [6.07, 6.45) is 4.37. The minimum Gasteiger partial charge on any atom is -0.495 e. The quantitative estimate of drug-likeness (QED) is 0.341. The Morgan fingerprint density at radius 1 is 1.14 bits per heavy atom. The van der Waals surface area contributed by atoms with E-state index in [0.29, 0.717) is 22.5 Å². The van der Waals surface area contributed by atoms with Gasteiger partial charge in [0.15, 0.2) is 11.4 Å². The lowest BCUT2D eigenvalue weighted by atomic mass is 10.2. The van der Waals surface area contributed by atoms with Crippen LogP contribution in [0.2, 0.25) is 0 Å². The van der Waals surface area contributed by atoms with Crippen molar-refractivity contribution in [2.24, 2.45) is 10.2 Å².